The molecule has 0 aliphatic heterocycles. The van der Waals surface area contributed by atoms with Crippen molar-refractivity contribution in [2.24, 2.45) is 0 Å². The van der Waals surface area contributed by atoms with Gasteiger partial charge in [0, 0.05) is 0 Å². The molecule has 0 bridgehead atoms. The molecule has 0 rings (SSSR count). The van der Waals surface area contributed by atoms with E-state index >= 15 is 0 Å². The summed E-state index contributed by atoms with van der Waals surface area (Å²) in [6, 6.07) is 0. The third-order valence-corrected chi connectivity index (χ3v) is 0.372. The number of hydrogen-bond donors (Lipinski definition) is 0. The van der Waals surface area contributed by atoms with E-state index < -0.39 is 18.3 Å². The van der Waals surface area contributed by atoms with Crippen LogP contribution in [0, 0.1) is 0 Å². The van der Waals surface area contributed by atoms with Gasteiger partial charge in [0.05, 0.1) is 0 Å². The van der Waals surface area contributed by atoms with Gasteiger partial charge in [0.25, 0.3) is 6.43 Å². The third-order valence-electron chi connectivity index (χ3n) is 0.372. The molecule has 0 amide bonds. The van der Waals surface area contributed by atoms with Crippen LogP contribution in [0.3, 0.4) is 0 Å². The molecule has 0 aromatic heterocycles. The Hall–Kier alpha value is -0.0126. The molecule has 0 spiro atoms. The quantitative estimate of drug-likeness (QED) is 0.338. The van der Waals surface area contributed by atoms with E-state index in [2.05, 4.69) is 0 Å². The third kappa shape index (κ3) is 4.49. The van der Waals surface area contributed by atoms with Crippen molar-refractivity contribution in [2.45, 2.75) is 6.43 Å². The summed E-state index contributed by atoms with van der Waals surface area (Å²) >= 11 is 0. The first kappa shape index (κ1) is 11.7. The Kier molecular flexibility index (Phi) is 6.30. The van der Waals surface area contributed by atoms with Gasteiger partial charge in [-0.1, -0.05) is 0 Å². The molecule has 9 heavy (non-hydrogen) atoms. The summed E-state index contributed by atoms with van der Waals surface area (Å²) in [5.74, 6) is -2.65. The number of hydrogen-bond acceptors (Lipinski definition) is 0. The minimum atomic E-state index is -3.69. The van der Waals surface area contributed by atoms with E-state index in [9.17, 15) is 22.0 Å². The molecule has 6 heteroatoms. The van der Waals surface area contributed by atoms with Crippen LogP contribution < -0.4 is 18.9 Å². The van der Waals surface area contributed by atoms with Crippen molar-refractivity contribution in [3.8, 4) is 0 Å². The predicted octanol–water partition coefficient (Wildman–Crippen LogP) is -0.554. The Labute approximate surface area is 61.4 Å². The van der Waals surface area contributed by atoms with Crippen LogP contribution in [0.25, 0.3) is 0 Å². The first-order valence-corrected chi connectivity index (χ1v) is 1.54. The van der Waals surface area contributed by atoms with Gasteiger partial charge in [-0.3, -0.25) is 0 Å². The van der Waals surface area contributed by atoms with Gasteiger partial charge in [-0.05, 0) is 0 Å². The molecular weight excluding hydrogens is 138 g/mol. The molecule has 0 aliphatic rings. The van der Waals surface area contributed by atoms with E-state index in [4.69, 9.17) is 0 Å². The van der Waals surface area contributed by atoms with Crippen LogP contribution in [0.15, 0.2) is 11.9 Å². The van der Waals surface area contributed by atoms with Crippen LogP contribution >= 0.6 is 0 Å². The molecule has 0 unspecified atom stereocenters. The van der Waals surface area contributed by atoms with E-state index in [1.165, 1.54) is 0 Å². The van der Waals surface area contributed by atoms with Crippen molar-refractivity contribution >= 4 is 0 Å². The van der Waals surface area contributed by atoms with E-state index in [0.717, 1.165) is 0 Å². The average molecular weight is 140 g/mol. The fraction of sp³-hybridized carbons (Fsp3) is 0.333. The fourth-order valence-electron chi connectivity index (χ4n) is 0.0825. The number of alkyl halides is 2. The Bertz CT molecular complexity index is 109. The maximum absolute atomic E-state index is 11.0. The molecule has 0 radical (unpaired) electrons. The van der Waals surface area contributed by atoms with Crippen LogP contribution in [0.1, 0.15) is 1.43 Å². The summed E-state index contributed by atoms with van der Waals surface area (Å²) in [6.45, 7) is 0. The topological polar surface area (TPSA) is 0 Å². The van der Waals surface area contributed by atoms with E-state index in [1.807, 2.05) is 0 Å². The SMILES string of the molecule is FC(F)=C(F)C(F)F.[H-].[Li+]. The molecule has 0 atom stereocenters. The number of allylic oxidation sites excluding steroid dienone is 1. The minimum Gasteiger partial charge on any atom is -1.00 e. The van der Waals surface area contributed by atoms with Crippen LogP contribution in [0.4, 0.5) is 22.0 Å². The van der Waals surface area contributed by atoms with Gasteiger partial charge in [0.1, 0.15) is 0 Å². The molecule has 0 saturated heterocycles. The summed E-state index contributed by atoms with van der Waals surface area (Å²) in [6.07, 6.45) is -6.65. The zero-order valence-corrected chi connectivity index (χ0v) is 4.47. The van der Waals surface area contributed by atoms with Crippen molar-refractivity contribution in [3.63, 3.8) is 0 Å². The Balaban J connectivity index is -0.000000245. The first-order chi connectivity index (χ1) is 3.55. The molecule has 0 heterocycles. The average Bonchev–Trinajstić information content (AvgIpc) is 1.64. The molecule has 50 valence electrons. The van der Waals surface area contributed by atoms with Gasteiger partial charge in [0.15, 0.2) is 0 Å². The molecule has 0 nitrogen and oxygen atoms in total. The van der Waals surface area contributed by atoms with Crippen molar-refractivity contribution in [1.29, 1.82) is 0 Å². The van der Waals surface area contributed by atoms with E-state index in [-0.39, 0.29) is 20.3 Å². The van der Waals surface area contributed by atoms with Gasteiger partial charge >= 0.3 is 24.9 Å². The van der Waals surface area contributed by atoms with Crippen LogP contribution in [-0.4, -0.2) is 6.43 Å². The van der Waals surface area contributed by atoms with Gasteiger partial charge in [0.2, 0.25) is 5.83 Å². The Morgan fingerprint density at radius 2 is 1.44 bits per heavy atom. The second kappa shape index (κ2) is 4.83. The largest absolute Gasteiger partial charge is 1.00 e. The van der Waals surface area contributed by atoms with E-state index in [1.54, 1.807) is 0 Å². The summed E-state index contributed by atoms with van der Waals surface area (Å²) in [5, 5.41) is 0. The summed E-state index contributed by atoms with van der Waals surface area (Å²) in [5.41, 5.74) is 0. The zero-order valence-electron chi connectivity index (χ0n) is 5.47. The maximum atomic E-state index is 11.0. The summed E-state index contributed by atoms with van der Waals surface area (Å²) in [4.78, 5) is 0. The minimum absolute atomic E-state index is 0. The predicted molar refractivity (Wildman–Crippen MR) is 17.5 cm³/mol. The molecule has 0 saturated carbocycles. The van der Waals surface area contributed by atoms with Crippen molar-refractivity contribution in [3.05, 3.63) is 11.9 Å². The Morgan fingerprint density at radius 1 is 1.11 bits per heavy atom. The fourth-order valence-corrected chi connectivity index (χ4v) is 0.0825. The second-order valence-electron chi connectivity index (χ2n) is 0.909. The molecule has 0 aliphatic carbocycles. The summed E-state index contributed by atoms with van der Waals surface area (Å²) < 4.78 is 54.0. The van der Waals surface area contributed by atoms with Crippen molar-refractivity contribution in [2.75, 3.05) is 0 Å². The van der Waals surface area contributed by atoms with Crippen molar-refractivity contribution in [1.82, 2.24) is 0 Å². The van der Waals surface area contributed by atoms with Crippen LogP contribution in [0.5, 0.6) is 0 Å². The number of rotatable bonds is 1. The standard InChI is InChI=1S/C3HF5.Li.H/c4-1(2(5)6)3(7)8;;/h2H;;/q;+1;-1. The molecule has 0 aromatic rings. The maximum Gasteiger partial charge on any atom is 1.00 e. The van der Waals surface area contributed by atoms with Crippen LogP contribution in [0.2, 0.25) is 0 Å². The van der Waals surface area contributed by atoms with E-state index in [0.29, 0.717) is 0 Å². The smallest absolute Gasteiger partial charge is 1.00 e. The first-order valence-electron chi connectivity index (χ1n) is 1.54. The second-order valence-corrected chi connectivity index (χ2v) is 0.909. The Morgan fingerprint density at radius 3 is 1.44 bits per heavy atom. The summed E-state index contributed by atoms with van der Waals surface area (Å²) in [7, 11) is 0. The molecule has 0 aromatic carbocycles. The van der Waals surface area contributed by atoms with Gasteiger partial charge in [-0.25, -0.2) is 8.78 Å². The normalized spacial score (nSPS) is 8.67. The molecule has 0 N–H and O–H groups in total. The van der Waals surface area contributed by atoms with Gasteiger partial charge < -0.3 is 1.43 Å². The van der Waals surface area contributed by atoms with Crippen LogP contribution in [-0.2, 0) is 0 Å². The molecule has 0 fully saturated rings. The monoisotopic (exact) mass is 140 g/mol. The molecular formula is C3H2F5Li. The van der Waals surface area contributed by atoms with Crippen molar-refractivity contribution < 1.29 is 42.2 Å². The zero-order chi connectivity index (χ0) is 6.73. The van der Waals surface area contributed by atoms with Gasteiger partial charge in [-0.2, -0.15) is 13.2 Å². The number of halogens is 5. The van der Waals surface area contributed by atoms with Gasteiger partial charge in [-0.15, -0.1) is 0 Å².